The molecule has 0 bridgehead atoms. The molecule has 0 aliphatic carbocycles. The summed E-state index contributed by atoms with van der Waals surface area (Å²) < 4.78 is 3.25. The van der Waals surface area contributed by atoms with Crippen molar-refractivity contribution < 1.29 is 4.79 Å². The molecule has 0 unspecified atom stereocenters. The quantitative estimate of drug-likeness (QED) is 0.383. The van der Waals surface area contributed by atoms with Crippen LogP contribution in [-0.4, -0.2) is 31.0 Å². The molecule has 0 fully saturated rings. The first-order chi connectivity index (χ1) is 14.8. The molecule has 2 heterocycles. The molecule has 31 heavy (non-hydrogen) atoms. The second kappa shape index (κ2) is 8.39. The maximum absolute atomic E-state index is 13.4. The molecule has 0 saturated carbocycles. The average Bonchev–Trinajstić information content (AvgIpc) is 3.04. The Morgan fingerprint density at radius 1 is 1.06 bits per heavy atom. The Morgan fingerprint density at radius 3 is 2.45 bits per heavy atom. The standard InChI is InChI=1S/C23H23N5O2S/c1-14-8-7-9-15(2)21(14)28-22(30)17-10-5-6-11-18(17)24-23(28)31-13-20(29)25-19-12-16(3)26-27(19)4/h5-12H,13H2,1-4H3,(H,25,29). The van der Waals surface area contributed by atoms with Gasteiger partial charge in [0.1, 0.15) is 5.82 Å². The molecule has 1 amide bonds. The molecular weight excluding hydrogens is 410 g/mol. The first-order valence-electron chi connectivity index (χ1n) is 9.87. The van der Waals surface area contributed by atoms with Gasteiger partial charge in [0.15, 0.2) is 5.16 Å². The Hall–Kier alpha value is -3.39. The average molecular weight is 434 g/mol. The maximum atomic E-state index is 13.4. The van der Waals surface area contributed by atoms with E-state index >= 15 is 0 Å². The van der Waals surface area contributed by atoms with Crippen LogP contribution in [-0.2, 0) is 11.8 Å². The third kappa shape index (κ3) is 4.11. The lowest BCUT2D eigenvalue weighted by Crippen LogP contribution is -2.24. The molecule has 2 aromatic carbocycles. The highest BCUT2D eigenvalue weighted by Crippen LogP contribution is 2.25. The summed E-state index contributed by atoms with van der Waals surface area (Å²) in [5, 5.41) is 8.13. The fourth-order valence-electron chi connectivity index (χ4n) is 3.60. The summed E-state index contributed by atoms with van der Waals surface area (Å²) in [7, 11) is 1.78. The zero-order chi connectivity index (χ0) is 22.1. The minimum atomic E-state index is -0.191. The van der Waals surface area contributed by atoms with E-state index in [0.717, 1.165) is 22.5 Å². The van der Waals surface area contributed by atoms with Crippen molar-refractivity contribution in [1.29, 1.82) is 0 Å². The lowest BCUT2D eigenvalue weighted by molar-refractivity contribution is -0.113. The largest absolute Gasteiger partial charge is 0.310 e. The van der Waals surface area contributed by atoms with Crippen molar-refractivity contribution in [3.05, 3.63) is 75.7 Å². The van der Waals surface area contributed by atoms with E-state index in [-0.39, 0.29) is 17.2 Å². The molecule has 0 aliphatic heterocycles. The zero-order valence-corrected chi connectivity index (χ0v) is 18.7. The van der Waals surface area contributed by atoms with Crippen LogP contribution in [0.3, 0.4) is 0 Å². The van der Waals surface area contributed by atoms with Gasteiger partial charge in [0, 0.05) is 13.1 Å². The molecule has 1 N–H and O–H groups in total. The van der Waals surface area contributed by atoms with Gasteiger partial charge in [-0.2, -0.15) is 5.10 Å². The molecule has 2 aromatic heterocycles. The van der Waals surface area contributed by atoms with Crippen molar-refractivity contribution in [3.8, 4) is 5.69 Å². The third-order valence-electron chi connectivity index (χ3n) is 5.01. The fourth-order valence-corrected chi connectivity index (χ4v) is 4.40. The third-order valence-corrected chi connectivity index (χ3v) is 5.95. The van der Waals surface area contributed by atoms with Crippen LogP contribution in [0.4, 0.5) is 5.82 Å². The summed E-state index contributed by atoms with van der Waals surface area (Å²) in [6.45, 7) is 5.80. The van der Waals surface area contributed by atoms with Crippen molar-refractivity contribution >= 4 is 34.4 Å². The Morgan fingerprint density at radius 2 is 1.77 bits per heavy atom. The lowest BCUT2D eigenvalue weighted by Gasteiger charge is -2.17. The summed E-state index contributed by atoms with van der Waals surface area (Å²) in [4.78, 5) is 30.7. The summed E-state index contributed by atoms with van der Waals surface area (Å²) in [6.07, 6.45) is 0. The number of thioether (sulfide) groups is 1. The highest BCUT2D eigenvalue weighted by molar-refractivity contribution is 7.99. The van der Waals surface area contributed by atoms with Gasteiger partial charge in [-0.05, 0) is 44.0 Å². The number of aryl methyl sites for hydroxylation is 4. The lowest BCUT2D eigenvalue weighted by atomic mass is 10.1. The number of hydrogen-bond acceptors (Lipinski definition) is 5. The van der Waals surface area contributed by atoms with Crippen LogP contribution in [0, 0.1) is 20.8 Å². The van der Waals surface area contributed by atoms with E-state index in [2.05, 4.69) is 10.4 Å². The number of carbonyl (C=O) groups is 1. The van der Waals surface area contributed by atoms with Gasteiger partial charge >= 0.3 is 0 Å². The monoisotopic (exact) mass is 433 g/mol. The molecule has 8 heteroatoms. The number of nitrogens with one attached hydrogen (secondary N) is 1. The number of rotatable bonds is 5. The number of nitrogens with zero attached hydrogens (tertiary/aromatic N) is 4. The van der Waals surface area contributed by atoms with Crippen LogP contribution in [0.25, 0.3) is 16.6 Å². The van der Waals surface area contributed by atoms with Crippen LogP contribution < -0.4 is 10.9 Å². The van der Waals surface area contributed by atoms with Gasteiger partial charge in [0.05, 0.1) is 28.0 Å². The van der Waals surface area contributed by atoms with Gasteiger partial charge in [-0.15, -0.1) is 0 Å². The fraction of sp³-hybridized carbons (Fsp3) is 0.217. The van der Waals surface area contributed by atoms with E-state index in [4.69, 9.17) is 4.98 Å². The van der Waals surface area contributed by atoms with Crippen molar-refractivity contribution in [2.24, 2.45) is 7.05 Å². The van der Waals surface area contributed by atoms with Crippen LogP contribution in [0.1, 0.15) is 16.8 Å². The Kier molecular flexibility index (Phi) is 5.65. The van der Waals surface area contributed by atoms with Gasteiger partial charge in [0.2, 0.25) is 5.91 Å². The molecule has 4 aromatic rings. The number of aromatic nitrogens is 4. The molecule has 4 rings (SSSR count). The van der Waals surface area contributed by atoms with E-state index in [9.17, 15) is 9.59 Å². The van der Waals surface area contributed by atoms with Crippen molar-refractivity contribution in [2.75, 3.05) is 11.1 Å². The van der Waals surface area contributed by atoms with E-state index in [1.54, 1.807) is 22.4 Å². The van der Waals surface area contributed by atoms with Crippen LogP contribution >= 0.6 is 11.8 Å². The van der Waals surface area contributed by atoms with E-state index in [1.807, 2.05) is 63.2 Å². The molecule has 0 aliphatic rings. The van der Waals surface area contributed by atoms with Crippen LogP contribution in [0.2, 0.25) is 0 Å². The van der Waals surface area contributed by atoms with Crippen molar-refractivity contribution in [1.82, 2.24) is 19.3 Å². The number of carbonyl (C=O) groups excluding carboxylic acids is 1. The van der Waals surface area contributed by atoms with E-state index < -0.39 is 0 Å². The summed E-state index contributed by atoms with van der Waals surface area (Å²) in [6, 6.07) is 15.0. The SMILES string of the molecule is Cc1cc(NC(=O)CSc2nc3ccccc3c(=O)n2-c2c(C)cccc2C)n(C)n1. The van der Waals surface area contributed by atoms with Crippen molar-refractivity contribution in [3.63, 3.8) is 0 Å². The molecule has 7 nitrogen and oxygen atoms in total. The molecule has 158 valence electrons. The second-order valence-electron chi connectivity index (χ2n) is 7.42. The minimum Gasteiger partial charge on any atom is -0.310 e. The Bertz CT molecular complexity index is 1340. The molecule has 0 atom stereocenters. The molecule has 0 spiro atoms. The normalized spacial score (nSPS) is 11.1. The van der Waals surface area contributed by atoms with Gasteiger partial charge in [-0.3, -0.25) is 18.8 Å². The number of para-hydroxylation sites is 2. The Balaban J connectivity index is 1.73. The topological polar surface area (TPSA) is 81.8 Å². The Labute approximate surface area is 184 Å². The van der Waals surface area contributed by atoms with E-state index in [0.29, 0.717) is 21.9 Å². The number of benzene rings is 2. The number of amides is 1. The smallest absolute Gasteiger partial charge is 0.266 e. The predicted octanol–water partition coefficient (Wildman–Crippen LogP) is 3.78. The maximum Gasteiger partial charge on any atom is 0.266 e. The number of anilines is 1. The van der Waals surface area contributed by atoms with Gasteiger partial charge < -0.3 is 5.32 Å². The minimum absolute atomic E-state index is 0.111. The van der Waals surface area contributed by atoms with Crippen LogP contribution in [0.5, 0.6) is 0 Å². The predicted molar refractivity (Wildman–Crippen MR) is 124 cm³/mol. The van der Waals surface area contributed by atoms with Gasteiger partial charge in [-0.1, -0.05) is 42.1 Å². The first-order valence-corrected chi connectivity index (χ1v) is 10.9. The second-order valence-corrected chi connectivity index (χ2v) is 8.37. The van der Waals surface area contributed by atoms with Crippen LogP contribution in [0.15, 0.2) is 58.5 Å². The van der Waals surface area contributed by atoms with Gasteiger partial charge in [0.25, 0.3) is 5.56 Å². The van der Waals surface area contributed by atoms with E-state index in [1.165, 1.54) is 11.8 Å². The first kappa shape index (κ1) is 20.9. The highest BCUT2D eigenvalue weighted by atomic mass is 32.2. The molecular formula is C23H23N5O2S. The van der Waals surface area contributed by atoms with Gasteiger partial charge in [-0.25, -0.2) is 4.98 Å². The molecule has 0 saturated heterocycles. The number of hydrogen-bond donors (Lipinski definition) is 1. The molecule has 0 radical (unpaired) electrons. The zero-order valence-electron chi connectivity index (χ0n) is 17.8. The summed E-state index contributed by atoms with van der Waals surface area (Å²) >= 11 is 1.24. The summed E-state index contributed by atoms with van der Waals surface area (Å²) in [5.41, 5.74) is 4.03. The summed E-state index contributed by atoms with van der Waals surface area (Å²) in [5.74, 6) is 0.546. The van der Waals surface area contributed by atoms with Crippen molar-refractivity contribution in [2.45, 2.75) is 25.9 Å². The number of fused-ring (bicyclic) bond motifs is 1. The highest BCUT2D eigenvalue weighted by Gasteiger charge is 2.18.